The second-order valence-corrected chi connectivity index (χ2v) is 1.16. The molecule has 0 saturated carbocycles. The van der Waals surface area contributed by atoms with E-state index in [0.29, 0.717) is 0 Å². The molecule has 0 unspecified atom stereocenters. The predicted molar refractivity (Wildman–Crippen MR) is 45.4 cm³/mol. The summed E-state index contributed by atoms with van der Waals surface area (Å²) < 4.78 is 0. The first-order valence-electron chi connectivity index (χ1n) is 2.79. The van der Waals surface area contributed by atoms with Gasteiger partial charge in [0.1, 0.15) is 6.61 Å². The Balaban J connectivity index is -0.000000112. The van der Waals surface area contributed by atoms with Crippen LogP contribution in [0, 0.1) is 0 Å². The van der Waals surface area contributed by atoms with Gasteiger partial charge >= 0.3 is 5.97 Å². The largest absolute Gasteiger partial charge is 0.480 e. The summed E-state index contributed by atoms with van der Waals surface area (Å²) in [5, 5.41) is 15.0. The Bertz CT molecular complexity index is 144. The number of aliphatic hydroxyl groups is 1. The number of carbonyl (C=O) groups is 2. The monoisotopic (exact) mass is 175 g/mol. The highest BCUT2D eigenvalue weighted by atomic mass is 16.4. The number of carbonyl (C=O) groups excluding carboxylic acids is 1. The van der Waals surface area contributed by atoms with E-state index in [2.05, 4.69) is 25.5 Å². The molecule has 0 aliphatic rings. The lowest BCUT2D eigenvalue weighted by Gasteiger charge is -1.72. The number of hydrogen-bond acceptors (Lipinski definition) is 3. The summed E-state index contributed by atoms with van der Waals surface area (Å²) in [5.74, 6) is -1.67. The van der Waals surface area contributed by atoms with Crippen molar-refractivity contribution in [3.63, 3.8) is 0 Å². The van der Waals surface area contributed by atoms with Crippen LogP contribution in [0.25, 0.3) is 0 Å². The highest BCUT2D eigenvalue weighted by Gasteiger charge is 1.82. The van der Waals surface area contributed by atoms with Crippen molar-refractivity contribution in [3.05, 3.63) is 25.8 Å². The molecule has 0 radical (unpaired) electrons. The topological polar surface area (TPSA) is 101 Å². The molecule has 5 heteroatoms. The van der Waals surface area contributed by atoms with Gasteiger partial charge in [-0.3, -0.25) is 4.79 Å². The molecule has 0 spiro atoms. The van der Waals surface area contributed by atoms with Gasteiger partial charge in [-0.15, -0.1) is 13.2 Å². The Labute approximate surface area is 70.8 Å². The van der Waals surface area contributed by atoms with E-state index in [1.165, 1.54) is 0 Å². The molecule has 12 heavy (non-hydrogen) atoms. The summed E-state index contributed by atoms with van der Waals surface area (Å²) in [5.41, 5.74) is 4.53. The molecule has 0 rings (SSSR count). The van der Waals surface area contributed by atoms with Gasteiger partial charge in [-0.05, 0) is 6.08 Å². The summed E-state index contributed by atoms with van der Waals surface area (Å²) in [6.45, 7) is 8.31. The lowest BCUT2D eigenvalue weighted by atomic mass is 10.6. The van der Waals surface area contributed by atoms with Crippen molar-refractivity contribution in [1.82, 2.24) is 0 Å². The van der Waals surface area contributed by atoms with Crippen molar-refractivity contribution in [3.8, 4) is 0 Å². The molecular formula is C7H13NO4. The Morgan fingerprint density at radius 2 is 1.58 bits per heavy atom. The standard InChI is InChI=1S/C3H5NO.C2H4O3.C2H4/c1-2-3(4)5;3-1-2(4)5;1-2/h2H,1H2,(H2,4,5);3H,1H2,(H,4,5);1-2H2. The second kappa shape index (κ2) is 16.2. The van der Waals surface area contributed by atoms with E-state index < -0.39 is 18.5 Å². The van der Waals surface area contributed by atoms with Gasteiger partial charge in [0.2, 0.25) is 5.91 Å². The number of aliphatic hydroxyl groups excluding tert-OH is 1. The lowest BCUT2D eigenvalue weighted by Crippen LogP contribution is -2.04. The molecule has 0 heterocycles. The minimum absolute atomic E-state index is 0.481. The number of rotatable bonds is 2. The van der Waals surface area contributed by atoms with Gasteiger partial charge in [-0.25, -0.2) is 4.79 Å². The van der Waals surface area contributed by atoms with Crippen LogP contribution >= 0.6 is 0 Å². The number of carboxylic acid groups (broad SMARTS) is 1. The average Bonchev–Trinajstić information content (AvgIpc) is 2.09. The van der Waals surface area contributed by atoms with Gasteiger partial charge in [0.05, 0.1) is 0 Å². The second-order valence-electron chi connectivity index (χ2n) is 1.16. The van der Waals surface area contributed by atoms with Gasteiger partial charge in [0.15, 0.2) is 0 Å². The summed E-state index contributed by atoms with van der Waals surface area (Å²) >= 11 is 0. The molecule has 0 aromatic carbocycles. The fourth-order valence-corrected chi connectivity index (χ4v) is 0. The van der Waals surface area contributed by atoms with Gasteiger partial charge in [0, 0.05) is 0 Å². The van der Waals surface area contributed by atoms with Crippen LogP contribution in [0.4, 0.5) is 0 Å². The minimum Gasteiger partial charge on any atom is -0.480 e. The Morgan fingerprint density at radius 1 is 1.42 bits per heavy atom. The fraction of sp³-hybridized carbons (Fsp3) is 0.143. The quantitative estimate of drug-likeness (QED) is 0.390. The first kappa shape index (κ1) is 16.8. The van der Waals surface area contributed by atoms with Crippen molar-refractivity contribution >= 4 is 11.9 Å². The molecule has 0 bridgehead atoms. The maximum atomic E-state index is 9.47. The smallest absolute Gasteiger partial charge is 0.329 e. The fourth-order valence-electron chi connectivity index (χ4n) is 0. The van der Waals surface area contributed by atoms with Crippen LogP contribution in [0.2, 0.25) is 0 Å². The number of aliphatic carboxylic acids is 1. The van der Waals surface area contributed by atoms with Gasteiger partial charge in [0.25, 0.3) is 0 Å². The van der Waals surface area contributed by atoms with Crippen molar-refractivity contribution in [2.45, 2.75) is 0 Å². The van der Waals surface area contributed by atoms with E-state index in [1.54, 1.807) is 0 Å². The van der Waals surface area contributed by atoms with Gasteiger partial charge in [-0.1, -0.05) is 6.58 Å². The molecule has 70 valence electrons. The maximum absolute atomic E-state index is 9.47. The highest BCUT2D eigenvalue weighted by molar-refractivity contribution is 5.84. The molecule has 4 N–H and O–H groups in total. The van der Waals surface area contributed by atoms with Crippen LogP contribution in [-0.4, -0.2) is 28.7 Å². The van der Waals surface area contributed by atoms with Crippen LogP contribution in [0.5, 0.6) is 0 Å². The van der Waals surface area contributed by atoms with Gasteiger partial charge < -0.3 is 15.9 Å². The molecule has 1 amide bonds. The summed E-state index contributed by atoms with van der Waals surface area (Å²) in [4.78, 5) is 18.6. The van der Waals surface area contributed by atoms with Gasteiger partial charge in [-0.2, -0.15) is 0 Å². The Morgan fingerprint density at radius 3 is 1.58 bits per heavy atom. The number of amides is 1. The van der Waals surface area contributed by atoms with Crippen LogP contribution in [0.1, 0.15) is 0 Å². The van der Waals surface area contributed by atoms with Crippen LogP contribution in [0.3, 0.4) is 0 Å². The molecule has 0 aliphatic heterocycles. The first-order chi connectivity index (χ1) is 5.54. The molecule has 0 fully saturated rings. The lowest BCUT2D eigenvalue weighted by molar-refractivity contribution is -0.140. The third-order valence-corrected chi connectivity index (χ3v) is 0.336. The molecule has 0 aromatic heterocycles. The zero-order valence-electron chi connectivity index (χ0n) is 6.69. The van der Waals surface area contributed by atoms with Crippen LogP contribution in [-0.2, 0) is 9.59 Å². The van der Waals surface area contributed by atoms with Crippen molar-refractivity contribution in [2.75, 3.05) is 6.61 Å². The number of primary amides is 1. The van der Waals surface area contributed by atoms with E-state index in [0.717, 1.165) is 6.08 Å². The molecule has 0 aromatic rings. The Kier molecular flexibility index (Phi) is 22.6. The molecule has 0 aliphatic carbocycles. The van der Waals surface area contributed by atoms with E-state index in [1.807, 2.05) is 0 Å². The minimum atomic E-state index is -1.19. The van der Waals surface area contributed by atoms with Crippen molar-refractivity contribution in [1.29, 1.82) is 0 Å². The van der Waals surface area contributed by atoms with Crippen molar-refractivity contribution < 1.29 is 19.8 Å². The normalized spacial score (nSPS) is 6.08. The van der Waals surface area contributed by atoms with Crippen molar-refractivity contribution in [2.24, 2.45) is 5.73 Å². The zero-order chi connectivity index (χ0) is 10.6. The highest BCUT2D eigenvalue weighted by Crippen LogP contribution is 1.49. The molecule has 0 atom stereocenters. The number of hydrogen-bond donors (Lipinski definition) is 3. The SMILES string of the molecule is C=C.C=CC(N)=O.O=C(O)CO. The maximum Gasteiger partial charge on any atom is 0.329 e. The first-order valence-corrected chi connectivity index (χ1v) is 2.79. The van der Waals surface area contributed by atoms with E-state index in [4.69, 9.17) is 15.0 Å². The number of nitrogens with two attached hydrogens (primary N) is 1. The third-order valence-electron chi connectivity index (χ3n) is 0.336. The number of carboxylic acids is 1. The van der Waals surface area contributed by atoms with Crippen LogP contribution in [0.15, 0.2) is 25.8 Å². The predicted octanol–water partition coefficient (Wildman–Crippen LogP) is -0.477. The van der Waals surface area contributed by atoms with E-state index >= 15 is 0 Å². The summed E-state index contributed by atoms with van der Waals surface area (Å²) in [6.07, 6.45) is 1.06. The molecule has 0 saturated heterocycles. The molecular weight excluding hydrogens is 162 g/mol. The van der Waals surface area contributed by atoms with Crippen LogP contribution < -0.4 is 5.73 Å². The zero-order valence-corrected chi connectivity index (χ0v) is 6.69. The third kappa shape index (κ3) is 80.6. The Hall–Kier alpha value is -1.62. The average molecular weight is 175 g/mol. The summed E-state index contributed by atoms with van der Waals surface area (Å²) in [7, 11) is 0. The molecule has 5 nitrogen and oxygen atoms in total. The summed E-state index contributed by atoms with van der Waals surface area (Å²) in [6, 6.07) is 0. The van der Waals surface area contributed by atoms with E-state index in [9.17, 15) is 4.79 Å². The van der Waals surface area contributed by atoms with E-state index in [-0.39, 0.29) is 0 Å².